The maximum Gasteiger partial charge on any atom is 0.305 e. The summed E-state index contributed by atoms with van der Waals surface area (Å²) in [6.45, 7) is 2.49. The van der Waals surface area contributed by atoms with Crippen molar-refractivity contribution in [3.05, 3.63) is 107 Å². The van der Waals surface area contributed by atoms with Crippen LogP contribution in [0.2, 0.25) is 0 Å². The predicted octanol–water partition coefficient (Wildman–Crippen LogP) is 7.53. The number of thioether (sulfide) groups is 1. The minimum absolute atomic E-state index is 0.0309. The first-order valence-corrected chi connectivity index (χ1v) is 17.6. The number of aryl methyl sites for hydroxylation is 1. The van der Waals surface area contributed by atoms with E-state index in [2.05, 4.69) is 68.0 Å². The van der Waals surface area contributed by atoms with Gasteiger partial charge in [-0.25, -0.2) is 0 Å². The summed E-state index contributed by atoms with van der Waals surface area (Å²) in [7, 11) is 0. The second-order valence-corrected chi connectivity index (χ2v) is 15.9. The van der Waals surface area contributed by atoms with Gasteiger partial charge in [-0.2, -0.15) is 0 Å². The van der Waals surface area contributed by atoms with E-state index in [1.54, 1.807) is 11.8 Å². The Balaban J connectivity index is 1.20. The smallest absolute Gasteiger partial charge is 0.305 e. The molecule has 7 atom stereocenters. The number of benzene rings is 3. The van der Waals surface area contributed by atoms with Crippen LogP contribution in [0.3, 0.4) is 0 Å². The highest BCUT2D eigenvalue weighted by Crippen LogP contribution is 2.69. The minimum atomic E-state index is -0.355. The zero-order chi connectivity index (χ0) is 29.6. The van der Waals surface area contributed by atoms with Crippen LogP contribution in [0, 0.1) is 36.5 Å². The first-order valence-electron chi connectivity index (χ1n) is 14.3. The number of hydrogen-bond acceptors (Lipinski definition) is 6. The summed E-state index contributed by atoms with van der Waals surface area (Å²) in [5, 5.41) is 0.996. The van der Waals surface area contributed by atoms with Gasteiger partial charge in [-0.3, -0.25) is 19.3 Å². The highest BCUT2D eigenvalue weighted by atomic mass is 79.9. The number of anilines is 1. The summed E-state index contributed by atoms with van der Waals surface area (Å²) in [6, 6.07) is 21.8. The molecular formula is C33H26Br2N2O4S2. The number of H-pyrrole nitrogens is 1. The molecule has 1 N–H and O–H groups in total. The van der Waals surface area contributed by atoms with Crippen molar-refractivity contribution in [2.45, 2.75) is 36.1 Å². The Morgan fingerprint density at radius 2 is 1.67 bits per heavy atom. The lowest BCUT2D eigenvalue weighted by Crippen LogP contribution is -2.42. The molecule has 3 heterocycles. The second kappa shape index (κ2) is 10.5. The Bertz CT molecular complexity index is 1850. The first kappa shape index (κ1) is 27.9. The van der Waals surface area contributed by atoms with Crippen LogP contribution in [-0.4, -0.2) is 22.0 Å². The summed E-state index contributed by atoms with van der Waals surface area (Å²) in [4.78, 5) is 46.1. The standard InChI is InChI=1S/C33H26Br2N2O4S2/c1-15-3-2-4-16(11-15)14-41-23-10-7-18(35)12-20(23)24-25-21-13-22(28(25)42-30-29(24)43-33(40)36-30)27-26(21)31(38)37(32(27)39)19-8-5-17(34)6-9-19/h2-12,21-22,24-28H,13-14H2,1H3,(H,36,40)/t21-,22-,24+,25+,26+,27+,28-/m1/s1. The van der Waals surface area contributed by atoms with E-state index in [0.29, 0.717) is 12.3 Å². The summed E-state index contributed by atoms with van der Waals surface area (Å²) >= 11 is 10.1. The van der Waals surface area contributed by atoms with Crippen molar-refractivity contribution in [3.63, 3.8) is 0 Å². The van der Waals surface area contributed by atoms with E-state index in [4.69, 9.17) is 4.74 Å². The SMILES string of the molecule is Cc1cccc(COc2ccc(Br)cc2[C@@H]2c3sc(=O)[nH]c3S[C@@H]3[C@@H]4C[C@@H]([C@@H]5C(=O)N(c6ccc(Br)cc6)C(=O)[C@@H]45)[C@@H]23)c1. The van der Waals surface area contributed by atoms with E-state index in [0.717, 1.165) is 42.1 Å². The monoisotopic (exact) mass is 736 g/mol. The van der Waals surface area contributed by atoms with Gasteiger partial charge in [0.25, 0.3) is 0 Å². The van der Waals surface area contributed by atoms with Gasteiger partial charge in [-0.1, -0.05) is 73.0 Å². The van der Waals surface area contributed by atoms with Crippen molar-refractivity contribution in [2.24, 2.45) is 29.6 Å². The zero-order valence-corrected chi connectivity index (χ0v) is 27.8. The van der Waals surface area contributed by atoms with Gasteiger partial charge in [0.15, 0.2) is 0 Å². The molecular weight excluding hydrogens is 712 g/mol. The van der Waals surface area contributed by atoms with Crippen LogP contribution in [0.25, 0.3) is 0 Å². The lowest BCUT2D eigenvalue weighted by Gasteiger charge is -2.43. The summed E-state index contributed by atoms with van der Waals surface area (Å²) in [5.41, 5.74) is 3.90. The highest BCUT2D eigenvalue weighted by molar-refractivity contribution is 9.10. The van der Waals surface area contributed by atoms with E-state index in [-0.39, 0.29) is 57.4 Å². The molecule has 3 fully saturated rings. The number of nitrogens with zero attached hydrogens (tertiary/aromatic N) is 1. The number of aromatic nitrogens is 1. The van der Waals surface area contributed by atoms with Crippen LogP contribution in [0.4, 0.5) is 5.69 Å². The molecule has 2 bridgehead atoms. The number of ether oxygens (including phenoxy) is 1. The van der Waals surface area contributed by atoms with Gasteiger partial charge < -0.3 is 9.72 Å². The molecule has 3 aromatic carbocycles. The van der Waals surface area contributed by atoms with Crippen molar-refractivity contribution >= 4 is 72.5 Å². The molecule has 218 valence electrons. The van der Waals surface area contributed by atoms with Crippen molar-refractivity contribution < 1.29 is 14.3 Å². The van der Waals surface area contributed by atoms with E-state index >= 15 is 0 Å². The number of thiazole rings is 1. The molecule has 43 heavy (non-hydrogen) atoms. The lowest BCUT2D eigenvalue weighted by atomic mass is 9.68. The zero-order valence-electron chi connectivity index (χ0n) is 23.0. The van der Waals surface area contributed by atoms with E-state index in [1.165, 1.54) is 21.8 Å². The molecule has 1 saturated heterocycles. The minimum Gasteiger partial charge on any atom is -0.489 e. The van der Waals surface area contributed by atoms with E-state index in [1.807, 2.05) is 42.5 Å². The van der Waals surface area contributed by atoms with Gasteiger partial charge in [-0.15, -0.1) is 11.8 Å². The molecule has 2 saturated carbocycles. The van der Waals surface area contributed by atoms with Gasteiger partial charge >= 0.3 is 4.87 Å². The van der Waals surface area contributed by atoms with Crippen LogP contribution in [0.1, 0.15) is 33.9 Å². The molecule has 6 nitrogen and oxygen atoms in total. The third-order valence-corrected chi connectivity index (χ3v) is 13.2. The second-order valence-electron chi connectivity index (χ2n) is 11.9. The highest BCUT2D eigenvalue weighted by Gasteiger charge is 2.69. The molecule has 10 heteroatoms. The normalized spacial score (nSPS) is 28.6. The van der Waals surface area contributed by atoms with Gasteiger partial charge in [0.1, 0.15) is 12.4 Å². The van der Waals surface area contributed by atoms with Gasteiger partial charge in [0.05, 0.1) is 22.5 Å². The fourth-order valence-electron chi connectivity index (χ4n) is 8.07. The van der Waals surface area contributed by atoms with Gasteiger partial charge in [-0.05, 0) is 79.1 Å². The molecule has 0 spiro atoms. The fraction of sp³-hybridized carbons (Fsp3) is 0.303. The fourth-order valence-corrected chi connectivity index (χ4v) is 11.6. The molecule has 0 radical (unpaired) electrons. The predicted molar refractivity (Wildman–Crippen MR) is 175 cm³/mol. The molecule has 8 rings (SSSR count). The van der Waals surface area contributed by atoms with Crippen LogP contribution < -0.4 is 14.5 Å². The average Bonchev–Trinajstić information content (AvgIpc) is 3.72. The molecule has 4 aromatic rings. The number of aromatic amines is 1. The van der Waals surface area contributed by atoms with Crippen LogP contribution >= 0.6 is 55.0 Å². The Labute approximate surface area is 273 Å². The average molecular weight is 739 g/mol. The number of fused-ring (bicyclic) bond motifs is 9. The molecule has 2 amide bonds. The number of carbonyl (C=O) groups excluding carboxylic acids is 2. The summed E-state index contributed by atoms with van der Waals surface area (Å²) in [6.07, 6.45) is 0.840. The third-order valence-electron chi connectivity index (χ3n) is 9.59. The van der Waals surface area contributed by atoms with E-state index in [9.17, 15) is 14.4 Å². The number of hydrogen-bond donors (Lipinski definition) is 1. The van der Waals surface area contributed by atoms with Crippen LogP contribution in [0.15, 0.2) is 85.5 Å². The Morgan fingerprint density at radius 3 is 2.44 bits per heavy atom. The maximum absolute atomic E-state index is 14.0. The largest absolute Gasteiger partial charge is 0.489 e. The Hall–Kier alpha value is -2.66. The molecule has 2 aliphatic heterocycles. The summed E-state index contributed by atoms with van der Waals surface area (Å²) < 4.78 is 8.33. The quantitative estimate of drug-likeness (QED) is 0.215. The van der Waals surface area contributed by atoms with Gasteiger partial charge in [0, 0.05) is 30.6 Å². The van der Waals surface area contributed by atoms with Crippen molar-refractivity contribution in [1.82, 2.24) is 4.98 Å². The summed E-state index contributed by atoms with van der Waals surface area (Å²) in [5.74, 6) is -0.0402. The number of halogens is 2. The topological polar surface area (TPSA) is 79.5 Å². The molecule has 2 aliphatic carbocycles. The number of carbonyl (C=O) groups is 2. The van der Waals surface area contributed by atoms with Crippen molar-refractivity contribution in [1.29, 1.82) is 0 Å². The molecule has 1 aromatic heterocycles. The van der Waals surface area contributed by atoms with Crippen LogP contribution in [-0.2, 0) is 16.2 Å². The van der Waals surface area contributed by atoms with Crippen LogP contribution in [0.5, 0.6) is 5.75 Å². The van der Waals surface area contributed by atoms with E-state index < -0.39 is 0 Å². The molecule has 0 unspecified atom stereocenters. The van der Waals surface area contributed by atoms with Crippen molar-refractivity contribution in [3.8, 4) is 5.75 Å². The number of nitrogens with one attached hydrogen (secondary N) is 1. The Morgan fingerprint density at radius 1 is 0.930 bits per heavy atom. The van der Waals surface area contributed by atoms with Crippen molar-refractivity contribution in [2.75, 3.05) is 4.90 Å². The number of imide groups is 1. The Kier molecular flexibility index (Phi) is 6.78. The first-order chi connectivity index (χ1) is 20.8. The maximum atomic E-state index is 14.0. The number of amides is 2. The lowest BCUT2D eigenvalue weighted by molar-refractivity contribution is -0.123. The number of rotatable bonds is 5. The van der Waals surface area contributed by atoms with Gasteiger partial charge in [0.2, 0.25) is 11.8 Å². The molecule has 4 aliphatic rings. The third kappa shape index (κ3) is 4.42.